The molecule has 5 rings (SSSR count). The molecule has 27 heavy (non-hydrogen) atoms. The third kappa shape index (κ3) is 2.97. The maximum absolute atomic E-state index is 12.7. The standard InChI is InChI=1S/C19H18N6O2/c26-16(25-9-6-13-4-1-2-5-15(13)25)12-24-10-14(11-24)19-22-18(23-27-19)17-20-7-3-8-21-17/h1-5,7-8,14H,6,9-12H2. The van der Waals surface area contributed by atoms with E-state index in [0.29, 0.717) is 24.1 Å². The third-order valence-electron chi connectivity index (χ3n) is 5.06. The highest BCUT2D eigenvalue weighted by atomic mass is 16.5. The minimum atomic E-state index is 0.141. The van der Waals surface area contributed by atoms with E-state index in [1.165, 1.54) is 5.56 Å². The van der Waals surface area contributed by atoms with Crippen LogP contribution in [-0.4, -0.2) is 57.1 Å². The van der Waals surface area contributed by atoms with E-state index in [1.807, 2.05) is 23.1 Å². The third-order valence-corrected chi connectivity index (χ3v) is 5.06. The van der Waals surface area contributed by atoms with Crippen LogP contribution in [0.1, 0.15) is 17.4 Å². The summed E-state index contributed by atoms with van der Waals surface area (Å²) in [5.41, 5.74) is 2.29. The van der Waals surface area contributed by atoms with E-state index >= 15 is 0 Å². The topological polar surface area (TPSA) is 88.2 Å². The molecule has 0 radical (unpaired) electrons. The van der Waals surface area contributed by atoms with Gasteiger partial charge in [-0.3, -0.25) is 9.69 Å². The average Bonchev–Trinajstić information content (AvgIpc) is 3.32. The molecule has 8 heteroatoms. The second-order valence-corrected chi connectivity index (χ2v) is 6.84. The predicted octanol–water partition coefficient (Wildman–Crippen LogP) is 1.52. The van der Waals surface area contributed by atoms with Crippen molar-refractivity contribution in [3.8, 4) is 11.6 Å². The molecule has 0 aliphatic carbocycles. The molecule has 0 N–H and O–H groups in total. The molecule has 1 fully saturated rings. The fourth-order valence-corrected chi connectivity index (χ4v) is 3.64. The fraction of sp³-hybridized carbons (Fsp3) is 0.316. The average molecular weight is 362 g/mol. The molecule has 2 aromatic heterocycles. The van der Waals surface area contributed by atoms with Crippen molar-refractivity contribution in [1.29, 1.82) is 0 Å². The van der Waals surface area contributed by atoms with Gasteiger partial charge in [-0.05, 0) is 24.1 Å². The molecule has 2 aliphatic heterocycles. The summed E-state index contributed by atoms with van der Waals surface area (Å²) < 4.78 is 5.36. The lowest BCUT2D eigenvalue weighted by Gasteiger charge is -2.37. The summed E-state index contributed by atoms with van der Waals surface area (Å²) in [7, 11) is 0. The van der Waals surface area contributed by atoms with E-state index in [9.17, 15) is 4.79 Å². The van der Waals surface area contributed by atoms with Crippen molar-refractivity contribution in [2.75, 3.05) is 31.1 Å². The van der Waals surface area contributed by atoms with Crippen LogP contribution in [0.3, 0.4) is 0 Å². The van der Waals surface area contributed by atoms with Crippen LogP contribution in [0.15, 0.2) is 47.2 Å². The summed E-state index contributed by atoms with van der Waals surface area (Å²) in [5.74, 6) is 1.71. The van der Waals surface area contributed by atoms with Gasteiger partial charge in [0.25, 0.3) is 0 Å². The summed E-state index contributed by atoms with van der Waals surface area (Å²) in [5, 5.41) is 3.96. The highest BCUT2D eigenvalue weighted by Crippen LogP contribution is 2.30. The van der Waals surface area contributed by atoms with E-state index in [4.69, 9.17) is 4.52 Å². The number of hydrogen-bond donors (Lipinski definition) is 0. The van der Waals surface area contributed by atoms with Gasteiger partial charge in [-0.25, -0.2) is 9.97 Å². The Labute approximate surface area is 155 Å². The van der Waals surface area contributed by atoms with Crippen molar-refractivity contribution < 1.29 is 9.32 Å². The molecule has 1 amide bonds. The molecule has 1 aromatic carbocycles. The van der Waals surface area contributed by atoms with Crippen molar-refractivity contribution >= 4 is 11.6 Å². The zero-order valence-corrected chi connectivity index (χ0v) is 14.7. The number of anilines is 1. The van der Waals surface area contributed by atoms with E-state index in [-0.39, 0.29) is 11.8 Å². The van der Waals surface area contributed by atoms with Crippen LogP contribution in [0.4, 0.5) is 5.69 Å². The number of rotatable bonds is 4. The van der Waals surface area contributed by atoms with E-state index < -0.39 is 0 Å². The van der Waals surface area contributed by atoms with Gasteiger partial charge in [0.2, 0.25) is 23.4 Å². The Bertz CT molecular complexity index is 967. The molecule has 0 saturated carbocycles. The molecule has 8 nitrogen and oxygen atoms in total. The van der Waals surface area contributed by atoms with Crippen molar-refractivity contribution in [3.63, 3.8) is 0 Å². The van der Waals surface area contributed by atoms with Crippen LogP contribution in [0, 0.1) is 0 Å². The van der Waals surface area contributed by atoms with Gasteiger partial charge in [0.15, 0.2) is 0 Å². The van der Waals surface area contributed by atoms with Gasteiger partial charge in [0, 0.05) is 37.7 Å². The number of amides is 1. The summed E-state index contributed by atoms with van der Waals surface area (Å²) in [6.07, 6.45) is 4.22. The highest BCUT2D eigenvalue weighted by molar-refractivity contribution is 5.96. The van der Waals surface area contributed by atoms with E-state index in [1.54, 1.807) is 18.5 Å². The van der Waals surface area contributed by atoms with Crippen molar-refractivity contribution in [2.45, 2.75) is 12.3 Å². The number of carbonyl (C=O) groups excluding carboxylic acids is 1. The number of para-hydroxylation sites is 1. The first-order valence-corrected chi connectivity index (χ1v) is 8.99. The van der Waals surface area contributed by atoms with Crippen LogP contribution < -0.4 is 4.90 Å². The first-order valence-electron chi connectivity index (χ1n) is 8.99. The van der Waals surface area contributed by atoms with Gasteiger partial charge in [-0.1, -0.05) is 23.4 Å². The largest absolute Gasteiger partial charge is 0.338 e. The monoisotopic (exact) mass is 362 g/mol. The maximum atomic E-state index is 12.7. The van der Waals surface area contributed by atoms with E-state index in [0.717, 1.165) is 31.7 Å². The zero-order chi connectivity index (χ0) is 18.2. The van der Waals surface area contributed by atoms with Crippen molar-refractivity contribution in [1.82, 2.24) is 25.0 Å². The lowest BCUT2D eigenvalue weighted by atomic mass is 10.0. The number of hydrogen-bond acceptors (Lipinski definition) is 7. The molecule has 0 spiro atoms. The van der Waals surface area contributed by atoms with Crippen LogP contribution in [0.2, 0.25) is 0 Å². The SMILES string of the molecule is O=C(CN1CC(c2nc(-c3ncccn3)no2)C1)N1CCc2ccccc21. The Morgan fingerprint density at radius 2 is 1.93 bits per heavy atom. The van der Waals surface area contributed by atoms with Gasteiger partial charge < -0.3 is 9.42 Å². The molecule has 4 heterocycles. The second kappa shape index (κ2) is 6.55. The molecular formula is C19H18N6O2. The Morgan fingerprint density at radius 3 is 2.78 bits per heavy atom. The first-order chi connectivity index (χ1) is 13.3. The predicted molar refractivity (Wildman–Crippen MR) is 97.0 cm³/mol. The number of fused-ring (bicyclic) bond motifs is 1. The number of nitrogens with zero attached hydrogens (tertiary/aromatic N) is 6. The summed E-state index contributed by atoms with van der Waals surface area (Å²) in [6, 6.07) is 9.85. The summed E-state index contributed by atoms with van der Waals surface area (Å²) in [4.78, 5) is 29.3. The fourth-order valence-electron chi connectivity index (χ4n) is 3.64. The van der Waals surface area contributed by atoms with Crippen LogP contribution in [-0.2, 0) is 11.2 Å². The molecule has 3 aromatic rings. The molecule has 136 valence electrons. The number of aromatic nitrogens is 4. The van der Waals surface area contributed by atoms with Crippen LogP contribution in [0.5, 0.6) is 0 Å². The smallest absolute Gasteiger partial charge is 0.241 e. The summed E-state index contributed by atoms with van der Waals surface area (Å²) >= 11 is 0. The van der Waals surface area contributed by atoms with Gasteiger partial charge in [-0.2, -0.15) is 4.98 Å². The van der Waals surface area contributed by atoms with Gasteiger partial charge in [0.05, 0.1) is 12.5 Å². The molecular weight excluding hydrogens is 344 g/mol. The lowest BCUT2D eigenvalue weighted by molar-refractivity contribution is -0.120. The Kier molecular flexibility index (Phi) is 3.90. The lowest BCUT2D eigenvalue weighted by Crippen LogP contribution is -2.50. The molecule has 0 unspecified atom stereocenters. The molecule has 2 aliphatic rings. The number of carbonyl (C=O) groups is 1. The number of benzene rings is 1. The minimum Gasteiger partial charge on any atom is -0.338 e. The van der Waals surface area contributed by atoms with Crippen LogP contribution >= 0.6 is 0 Å². The Balaban J connectivity index is 1.19. The normalized spacial score (nSPS) is 17.0. The molecule has 0 atom stereocenters. The number of likely N-dealkylation sites (tertiary alicyclic amines) is 1. The van der Waals surface area contributed by atoms with Gasteiger partial charge in [0.1, 0.15) is 0 Å². The first kappa shape index (κ1) is 16.1. The van der Waals surface area contributed by atoms with Crippen molar-refractivity contribution in [2.24, 2.45) is 0 Å². The highest BCUT2D eigenvalue weighted by Gasteiger charge is 2.35. The minimum absolute atomic E-state index is 0.141. The zero-order valence-electron chi connectivity index (χ0n) is 14.7. The van der Waals surface area contributed by atoms with Crippen LogP contribution in [0.25, 0.3) is 11.6 Å². The van der Waals surface area contributed by atoms with E-state index in [2.05, 4.69) is 31.1 Å². The summed E-state index contributed by atoms with van der Waals surface area (Å²) in [6.45, 7) is 2.64. The molecule has 1 saturated heterocycles. The van der Waals surface area contributed by atoms with Crippen molar-refractivity contribution in [3.05, 3.63) is 54.2 Å². The maximum Gasteiger partial charge on any atom is 0.241 e. The Hall–Kier alpha value is -3.13. The Morgan fingerprint density at radius 1 is 1.11 bits per heavy atom. The van der Waals surface area contributed by atoms with Gasteiger partial charge in [-0.15, -0.1) is 0 Å². The van der Waals surface area contributed by atoms with Gasteiger partial charge >= 0.3 is 0 Å². The quantitative estimate of drug-likeness (QED) is 0.695. The molecule has 0 bridgehead atoms. The second-order valence-electron chi connectivity index (χ2n) is 6.84.